The lowest BCUT2D eigenvalue weighted by molar-refractivity contribution is 0.0996. The smallest absolute Gasteiger partial charge is 0.268 e. The first kappa shape index (κ1) is 15.4. The molecule has 7 heteroatoms. The lowest BCUT2D eigenvalue weighted by atomic mass is 10.1. The minimum Gasteiger partial charge on any atom is -0.364 e. The van der Waals surface area contributed by atoms with Crippen LogP contribution in [-0.2, 0) is 0 Å². The summed E-state index contributed by atoms with van der Waals surface area (Å²) in [6.07, 6.45) is 1.73. The molecule has 2 aromatic heterocycles. The number of benzene rings is 1. The molecule has 0 unspecified atom stereocenters. The average Bonchev–Trinajstić information content (AvgIpc) is 3.14. The van der Waals surface area contributed by atoms with Gasteiger partial charge in [-0.2, -0.15) is 0 Å². The van der Waals surface area contributed by atoms with Crippen molar-refractivity contribution in [2.75, 3.05) is 0 Å². The predicted molar refractivity (Wildman–Crippen MR) is 87.6 cm³/mol. The summed E-state index contributed by atoms with van der Waals surface area (Å²) in [7, 11) is 0. The van der Waals surface area contributed by atoms with E-state index >= 15 is 0 Å². The Balaban J connectivity index is 2.17. The zero-order valence-corrected chi connectivity index (χ0v) is 13.5. The number of hydrogen-bond acceptors (Lipinski definition) is 4. The van der Waals surface area contributed by atoms with Gasteiger partial charge in [0.15, 0.2) is 0 Å². The van der Waals surface area contributed by atoms with Crippen molar-refractivity contribution in [2.45, 2.75) is 19.9 Å². The van der Waals surface area contributed by atoms with E-state index in [9.17, 15) is 9.18 Å². The van der Waals surface area contributed by atoms with E-state index in [1.54, 1.807) is 23.8 Å². The van der Waals surface area contributed by atoms with Gasteiger partial charge in [-0.3, -0.25) is 4.79 Å². The highest BCUT2D eigenvalue weighted by atomic mass is 32.1. The second-order valence-electron chi connectivity index (χ2n) is 5.35. The van der Waals surface area contributed by atoms with E-state index in [0.717, 1.165) is 11.3 Å². The Kier molecular flexibility index (Phi) is 3.96. The molecule has 2 heterocycles. The van der Waals surface area contributed by atoms with Crippen molar-refractivity contribution >= 4 is 17.2 Å². The quantitative estimate of drug-likeness (QED) is 0.796. The van der Waals surface area contributed by atoms with Crippen LogP contribution in [0.2, 0.25) is 0 Å². The van der Waals surface area contributed by atoms with Crippen LogP contribution in [0.1, 0.15) is 30.4 Å². The van der Waals surface area contributed by atoms with Gasteiger partial charge < -0.3 is 10.3 Å². The largest absolute Gasteiger partial charge is 0.364 e. The summed E-state index contributed by atoms with van der Waals surface area (Å²) in [6.45, 7) is 4.06. The van der Waals surface area contributed by atoms with E-state index in [1.807, 2.05) is 18.4 Å². The summed E-state index contributed by atoms with van der Waals surface area (Å²) in [5, 5.41) is 2.29. The molecule has 0 aliphatic rings. The Morgan fingerprint density at radius 2 is 2.00 bits per heavy atom. The van der Waals surface area contributed by atoms with Crippen molar-refractivity contribution in [1.29, 1.82) is 0 Å². The maximum Gasteiger partial charge on any atom is 0.268 e. The van der Waals surface area contributed by atoms with Crippen LogP contribution in [0.15, 0.2) is 36.0 Å². The molecule has 0 spiro atoms. The van der Waals surface area contributed by atoms with Crippen molar-refractivity contribution in [2.24, 2.45) is 5.73 Å². The van der Waals surface area contributed by atoms with Crippen molar-refractivity contribution in [3.8, 4) is 22.0 Å². The van der Waals surface area contributed by atoms with E-state index in [1.165, 1.54) is 23.5 Å². The summed E-state index contributed by atoms with van der Waals surface area (Å²) in [5.74, 6) is -0.865. The Bertz CT molecular complexity index is 851. The van der Waals surface area contributed by atoms with Gasteiger partial charge in [0.25, 0.3) is 5.91 Å². The minimum atomic E-state index is -0.563. The van der Waals surface area contributed by atoms with Gasteiger partial charge in [0.2, 0.25) is 0 Å². The molecule has 0 saturated heterocycles. The van der Waals surface area contributed by atoms with Gasteiger partial charge in [0.05, 0.1) is 12.0 Å². The summed E-state index contributed by atoms with van der Waals surface area (Å²) in [5.41, 5.74) is 7.80. The fraction of sp³-hybridized carbons (Fsp3) is 0.188. The number of carbonyl (C=O) groups is 1. The van der Waals surface area contributed by atoms with Crippen LogP contribution in [0.3, 0.4) is 0 Å². The van der Waals surface area contributed by atoms with Crippen molar-refractivity contribution < 1.29 is 9.18 Å². The predicted octanol–water partition coefficient (Wildman–Crippen LogP) is 3.49. The third kappa shape index (κ3) is 2.87. The normalized spacial score (nSPS) is 11.1. The van der Waals surface area contributed by atoms with Crippen LogP contribution in [-0.4, -0.2) is 20.4 Å². The van der Waals surface area contributed by atoms with Crippen LogP contribution in [0, 0.1) is 5.82 Å². The molecular formula is C16H15FN4OS. The third-order valence-corrected chi connectivity index (χ3v) is 4.28. The number of primary amides is 1. The van der Waals surface area contributed by atoms with Crippen molar-refractivity contribution in [1.82, 2.24) is 14.5 Å². The number of rotatable bonds is 4. The van der Waals surface area contributed by atoms with Gasteiger partial charge in [-0.15, -0.1) is 11.3 Å². The highest BCUT2D eigenvalue weighted by molar-refractivity contribution is 7.13. The second-order valence-corrected chi connectivity index (χ2v) is 6.21. The number of hydrogen-bond donors (Lipinski definition) is 1. The van der Waals surface area contributed by atoms with Crippen LogP contribution in [0.4, 0.5) is 4.39 Å². The molecule has 0 fully saturated rings. The van der Waals surface area contributed by atoms with Crippen molar-refractivity contribution in [3.63, 3.8) is 0 Å². The number of aromatic nitrogens is 3. The zero-order valence-electron chi connectivity index (χ0n) is 12.7. The van der Waals surface area contributed by atoms with E-state index in [4.69, 9.17) is 5.73 Å². The number of halogens is 1. The molecule has 5 nitrogen and oxygen atoms in total. The number of carbonyl (C=O) groups excluding carboxylic acids is 1. The Morgan fingerprint density at radius 1 is 1.30 bits per heavy atom. The second kappa shape index (κ2) is 5.92. The van der Waals surface area contributed by atoms with E-state index in [2.05, 4.69) is 9.97 Å². The molecule has 0 aliphatic heterocycles. The lowest BCUT2D eigenvalue weighted by Gasteiger charge is -2.11. The summed E-state index contributed by atoms with van der Waals surface area (Å²) in [4.78, 5) is 20.1. The fourth-order valence-corrected chi connectivity index (χ4v) is 3.14. The van der Waals surface area contributed by atoms with Crippen LogP contribution in [0.5, 0.6) is 0 Å². The molecule has 0 radical (unpaired) electrons. The molecule has 0 bridgehead atoms. The van der Waals surface area contributed by atoms with Gasteiger partial charge in [0.1, 0.15) is 22.2 Å². The molecule has 0 saturated carbocycles. The molecule has 23 heavy (non-hydrogen) atoms. The van der Waals surface area contributed by atoms with Crippen LogP contribution >= 0.6 is 11.3 Å². The molecule has 0 atom stereocenters. The van der Waals surface area contributed by atoms with Gasteiger partial charge in [-0.25, -0.2) is 14.4 Å². The maximum absolute atomic E-state index is 13.2. The molecule has 1 aromatic carbocycles. The number of nitrogens with zero attached hydrogens (tertiary/aromatic N) is 3. The summed E-state index contributed by atoms with van der Waals surface area (Å²) in [6, 6.07) is 6.30. The molecule has 2 N–H and O–H groups in total. The van der Waals surface area contributed by atoms with Gasteiger partial charge >= 0.3 is 0 Å². The standard InChI is InChI=1S/C16H15FN4OS/c1-9(2)21-8-19-13(10-3-5-11(17)6-4-10)14(21)16-20-12(7-23-16)15(18)22/h3-9H,1-2H3,(H2,18,22). The highest BCUT2D eigenvalue weighted by Gasteiger charge is 2.20. The first-order valence-corrected chi connectivity index (χ1v) is 7.94. The van der Waals surface area contributed by atoms with E-state index in [-0.39, 0.29) is 17.6 Å². The van der Waals surface area contributed by atoms with Gasteiger partial charge in [-0.1, -0.05) is 0 Å². The SMILES string of the molecule is CC(C)n1cnc(-c2ccc(F)cc2)c1-c1nc(C(N)=O)cs1. The number of thiazole rings is 1. The average molecular weight is 330 g/mol. The molecule has 0 aliphatic carbocycles. The lowest BCUT2D eigenvalue weighted by Crippen LogP contribution is -2.11. The van der Waals surface area contributed by atoms with Gasteiger partial charge in [-0.05, 0) is 38.1 Å². The molecule has 3 aromatic rings. The summed E-state index contributed by atoms with van der Waals surface area (Å²) >= 11 is 1.33. The third-order valence-electron chi connectivity index (χ3n) is 3.43. The Labute approximate surface area is 136 Å². The van der Waals surface area contributed by atoms with Crippen LogP contribution < -0.4 is 5.73 Å². The molecular weight excluding hydrogens is 315 g/mol. The highest BCUT2D eigenvalue weighted by Crippen LogP contribution is 2.34. The molecule has 3 rings (SSSR count). The first-order chi connectivity index (χ1) is 11.0. The molecule has 118 valence electrons. The Morgan fingerprint density at radius 3 is 2.57 bits per heavy atom. The number of nitrogens with two attached hydrogens (primary N) is 1. The summed E-state index contributed by atoms with van der Waals surface area (Å²) < 4.78 is 15.1. The van der Waals surface area contributed by atoms with Crippen molar-refractivity contribution in [3.05, 3.63) is 47.5 Å². The topological polar surface area (TPSA) is 73.8 Å². The maximum atomic E-state index is 13.2. The van der Waals surface area contributed by atoms with E-state index < -0.39 is 5.91 Å². The Hall–Kier alpha value is -2.54. The zero-order chi connectivity index (χ0) is 16.6. The van der Waals surface area contributed by atoms with Crippen LogP contribution in [0.25, 0.3) is 22.0 Å². The number of imidazole rings is 1. The van der Waals surface area contributed by atoms with Gasteiger partial charge in [0, 0.05) is 17.0 Å². The minimum absolute atomic E-state index is 0.160. The monoisotopic (exact) mass is 330 g/mol. The first-order valence-electron chi connectivity index (χ1n) is 7.06. The fourth-order valence-electron chi connectivity index (χ4n) is 2.28. The molecule has 1 amide bonds. The number of amides is 1. The van der Waals surface area contributed by atoms with E-state index in [0.29, 0.717) is 10.7 Å².